The lowest BCUT2D eigenvalue weighted by Gasteiger charge is -2.45. The van der Waals surface area contributed by atoms with E-state index in [1.165, 1.54) is 4.68 Å². The lowest BCUT2D eigenvalue weighted by atomic mass is 9.65. The van der Waals surface area contributed by atoms with Crippen LogP contribution < -0.4 is 10.5 Å². The van der Waals surface area contributed by atoms with Crippen LogP contribution in [-0.2, 0) is 6.42 Å². The summed E-state index contributed by atoms with van der Waals surface area (Å²) in [6.07, 6.45) is 1.84. The molecule has 6 nitrogen and oxygen atoms in total. The summed E-state index contributed by atoms with van der Waals surface area (Å²) >= 11 is 1.63. The molecule has 1 saturated carbocycles. The van der Waals surface area contributed by atoms with Crippen LogP contribution in [0, 0.1) is 5.92 Å². The summed E-state index contributed by atoms with van der Waals surface area (Å²) in [5.74, 6) is -1.03. The molecule has 2 aromatic carbocycles. The molecule has 0 radical (unpaired) electrons. The summed E-state index contributed by atoms with van der Waals surface area (Å²) in [7, 11) is 1.99. The van der Waals surface area contributed by atoms with E-state index in [0.717, 1.165) is 33.4 Å². The first-order valence-corrected chi connectivity index (χ1v) is 11.8. The van der Waals surface area contributed by atoms with Crippen LogP contribution in [0.3, 0.4) is 0 Å². The molecule has 1 fully saturated rings. The van der Waals surface area contributed by atoms with Crippen molar-refractivity contribution in [2.45, 2.75) is 42.8 Å². The first-order chi connectivity index (χ1) is 15.5. The smallest absolute Gasteiger partial charge is 0.275 e. The minimum Gasteiger partial charge on any atom is -0.392 e. The Morgan fingerprint density at radius 1 is 1.06 bits per heavy atom. The summed E-state index contributed by atoms with van der Waals surface area (Å²) in [6, 6.07) is 17.5. The summed E-state index contributed by atoms with van der Waals surface area (Å²) in [5.41, 5.74) is 2.94. The number of hydrogen-bond donors (Lipinski definition) is 3. The van der Waals surface area contributed by atoms with Crippen LogP contribution in [0.2, 0.25) is 0 Å². The third-order valence-corrected chi connectivity index (χ3v) is 7.67. The van der Waals surface area contributed by atoms with Gasteiger partial charge in [-0.3, -0.25) is 9.89 Å². The number of para-hydroxylation sites is 2. The van der Waals surface area contributed by atoms with E-state index < -0.39 is 24.0 Å². The Morgan fingerprint density at radius 3 is 2.44 bits per heavy atom. The predicted molar refractivity (Wildman–Crippen MR) is 127 cm³/mol. The average Bonchev–Trinajstić information content (AvgIpc) is 3.30. The maximum Gasteiger partial charge on any atom is 0.275 e. The quantitative estimate of drug-likeness (QED) is 0.554. The molecular weight excluding hydrogens is 422 g/mol. The molecule has 166 valence electrons. The first-order valence-electron chi connectivity index (χ1n) is 11.0. The number of rotatable bonds is 5. The number of nitrogens with one attached hydrogen (secondary N) is 1. The Hall–Kier alpha value is -2.74. The van der Waals surface area contributed by atoms with E-state index in [2.05, 4.69) is 22.1 Å². The van der Waals surface area contributed by atoms with Crippen molar-refractivity contribution in [2.24, 2.45) is 5.92 Å². The topological polar surface area (TPSA) is 81.5 Å². The second-order valence-corrected chi connectivity index (χ2v) is 9.51. The van der Waals surface area contributed by atoms with E-state index in [0.29, 0.717) is 12.0 Å². The number of fused-ring (bicyclic) bond motifs is 1. The van der Waals surface area contributed by atoms with Gasteiger partial charge in [0.1, 0.15) is 0 Å². The predicted octanol–water partition coefficient (Wildman–Crippen LogP) is 3.64. The number of benzene rings is 2. The molecule has 2 unspecified atom stereocenters. The van der Waals surface area contributed by atoms with Crippen molar-refractivity contribution in [3.8, 4) is 5.69 Å². The highest BCUT2D eigenvalue weighted by Crippen LogP contribution is 2.49. The first kappa shape index (κ1) is 21.1. The number of aromatic nitrogens is 2. The number of thioether (sulfide) groups is 1. The largest absolute Gasteiger partial charge is 0.392 e. The van der Waals surface area contributed by atoms with Gasteiger partial charge in [-0.2, -0.15) is 0 Å². The molecule has 0 bridgehead atoms. The Kier molecular flexibility index (Phi) is 5.49. The fourth-order valence-electron chi connectivity index (χ4n) is 4.75. The highest BCUT2D eigenvalue weighted by atomic mass is 32.2. The zero-order valence-corrected chi connectivity index (χ0v) is 18.9. The van der Waals surface area contributed by atoms with Crippen LogP contribution in [0.4, 0.5) is 5.69 Å². The molecular formula is C25H27N3O3S. The van der Waals surface area contributed by atoms with Crippen LogP contribution >= 0.6 is 11.8 Å². The third-order valence-electron chi connectivity index (χ3n) is 6.48. The summed E-state index contributed by atoms with van der Waals surface area (Å²) in [4.78, 5) is 16.6. The van der Waals surface area contributed by atoms with Gasteiger partial charge in [0.05, 0.1) is 28.6 Å². The SMILES string of the molecule is CCCc1[nH]n(-c2ccccc2)c(=O)c1C1C(O)C(C=C2Sc3ccccc3N2C)C1O. The van der Waals surface area contributed by atoms with E-state index in [4.69, 9.17) is 0 Å². The molecule has 0 spiro atoms. The molecule has 0 saturated heterocycles. The second kappa shape index (κ2) is 8.31. The van der Waals surface area contributed by atoms with Gasteiger partial charge in [0.25, 0.3) is 5.56 Å². The molecule has 3 N–H and O–H groups in total. The van der Waals surface area contributed by atoms with Gasteiger partial charge in [0.15, 0.2) is 0 Å². The molecule has 2 atom stereocenters. The lowest BCUT2D eigenvalue weighted by molar-refractivity contribution is -0.0950. The molecule has 2 aliphatic rings. The number of aliphatic hydroxyl groups is 2. The number of aryl methyl sites for hydroxylation is 1. The van der Waals surface area contributed by atoms with Gasteiger partial charge < -0.3 is 15.1 Å². The van der Waals surface area contributed by atoms with E-state index in [9.17, 15) is 15.0 Å². The molecule has 1 aromatic heterocycles. The standard InChI is InChI=1S/C25H27N3O3S/c1-3-9-17-21(25(31)28(26-17)15-10-5-4-6-11-15)22-23(29)16(24(22)30)14-20-27(2)18-12-7-8-13-19(18)32-20/h4-8,10-14,16,22-24,26,29-30H,3,9H2,1-2H3. The molecule has 7 heteroatoms. The number of H-pyrrole nitrogens is 1. The maximum atomic E-state index is 13.3. The van der Waals surface area contributed by atoms with Crippen molar-refractivity contribution in [3.05, 3.63) is 87.3 Å². The Balaban J connectivity index is 1.45. The molecule has 0 amide bonds. The van der Waals surface area contributed by atoms with Crippen LogP contribution in [0.15, 0.2) is 75.4 Å². The zero-order chi connectivity index (χ0) is 22.4. The monoisotopic (exact) mass is 449 g/mol. The van der Waals surface area contributed by atoms with Gasteiger partial charge in [0, 0.05) is 35.0 Å². The molecule has 5 rings (SSSR count). The molecule has 3 aromatic rings. The third kappa shape index (κ3) is 3.32. The minimum atomic E-state index is -0.821. The minimum absolute atomic E-state index is 0.200. The zero-order valence-electron chi connectivity index (χ0n) is 18.1. The van der Waals surface area contributed by atoms with Crippen molar-refractivity contribution in [1.29, 1.82) is 0 Å². The summed E-state index contributed by atoms with van der Waals surface area (Å²) in [6.45, 7) is 2.05. The summed E-state index contributed by atoms with van der Waals surface area (Å²) < 4.78 is 1.52. The van der Waals surface area contributed by atoms with Crippen molar-refractivity contribution < 1.29 is 10.2 Å². The number of hydrogen-bond acceptors (Lipinski definition) is 5. The molecule has 1 aliphatic carbocycles. The van der Waals surface area contributed by atoms with Gasteiger partial charge in [-0.25, -0.2) is 4.68 Å². The Bertz CT molecular complexity index is 1210. The van der Waals surface area contributed by atoms with Crippen molar-refractivity contribution in [1.82, 2.24) is 9.78 Å². The van der Waals surface area contributed by atoms with Crippen LogP contribution in [-0.4, -0.2) is 39.2 Å². The van der Waals surface area contributed by atoms with E-state index in [-0.39, 0.29) is 5.56 Å². The van der Waals surface area contributed by atoms with Crippen molar-refractivity contribution in [2.75, 3.05) is 11.9 Å². The number of nitrogens with zero attached hydrogens (tertiary/aromatic N) is 2. The van der Waals surface area contributed by atoms with E-state index in [1.54, 1.807) is 11.8 Å². The van der Waals surface area contributed by atoms with Gasteiger partial charge in [0.2, 0.25) is 0 Å². The fraction of sp³-hybridized carbons (Fsp3) is 0.320. The molecule has 1 aliphatic heterocycles. The van der Waals surface area contributed by atoms with Gasteiger partial charge in [-0.1, -0.05) is 55.4 Å². The van der Waals surface area contributed by atoms with Gasteiger partial charge >= 0.3 is 0 Å². The van der Waals surface area contributed by atoms with Crippen LogP contribution in [0.1, 0.15) is 30.5 Å². The fourth-order valence-corrected chi connectivity index (χ4v) is 5.89. The Labute approximate surface area is 191 Å². The van der Waals surface area contributed by atoms with Crippen molar-refractivity contribution >= 4 is 17.4 Å². The van der Waals surface area contributed by atoms with Crippen molar-refractivity contribution in [3.63, 3.8) is 0 Å². The van der Waals surface area contributed by atoms with Gasteiger partial charge in [-0.05, 0) is 36.8 Å². The Morgan fingerprint density at radius 2 is 1.75 bits per heavy atom. The normalized spacial score (nSPS) is 25.8. The lowest BCUT2D eigenvalue weighted by Crippen LogP contribution is -2.54. The highest BCUT2D eigenvalue weighted by Gasteiger charge is 2.51. The number of aliphatic hydroxyl groups excluding tert-OH is 2. The average molecular weight is 450 g/mol. The van der Waals surface area contributed by atoms with Gasteiger partial charge in [-0.15, -0.1) is 0 Å². The van der Waals surface area contributed by atoms with Crippen LogP contribution in [0.5, 0.6) is 0 Å². The maximum absolute atomic E-state index is 13.3. The number of aromatic amines is 1. The molecule has 2 heterocycles. The molecule has 32 heavy (non-hydrogen) atoms. The highest BCUT2D eigenvalue weighted by molar-refractivity contribution is 8.03. The van der Waals surface area contributed by atoms with E-state index >= 15 is 0 Å². The number of anilines is 1. The van der Waals surface area contributed by atoms with E-state index in [1.807, 2.05) is 62.5 Å². The second-order valence-electron chi connectivity index (χ2n) is 8.45. The van der Waals surface area contributed by atoms with Crippen LogP contribution in [0.25, 0.3) is 5.69 Å². The summed E-state index contributed by atoms with van der Waals surface area (Å²) in [5, 5.41) is 26.3.